The third-order valence-corrected chi connectivity index (χ3v) is 8.32. The Morgan fingerprint density at radius 3 is 2.00 bits per heavy atom. The number of carboxylic acid groups (broad SMARTS) is 1. The molecule has 12 nitrogen and oxygen atoms in total. The number of hydrogen-bond donors (Lipinski definition) is 4. The van der Waals surface area contributed by atoms with Crippen LogP contribution in [0, 0.1) is 0 Å². The molecular formula is C27H18N2O10S2. The lowest BCUT2D eigenvalue weighted by atomic mass is 9.82. The van der Waals surface area contributed by atoms with Crippen LogP contribution in [0.1, 0.15) is 42.2 Å². The smallest absolute Gasteiger partial charge is 0.339 e. The van der Waals surface area contributed by atoms with Gasteiger partial charge < -0.3 is 20.3 Å². The average molecular weight is 595 g/mol. The number of ketones is 2. The van der Waals surface area contributed by atoms with Gasteiger partial charge >= 0.3 is 16.1 Å². The predicted octanol–water partition coefficient (Wildman–Crippen LogP) is 3.50. The van der Waals surface area contributed by atoms with Gasteiger partial charge in [0.1, 0.15) is 15.5 Å². The van der Waals surface area contributed by atoms with Crippen molar-refractivity contribution < 1.29 is 45.1 Å². The number of anilines is 3. The molecule has 14 heteroatoms. The largest absolute Gasteiger partial charge is 0.478 e. The van der Waals surface area contributed by atoms with Gasteiger partial charge in [0.25, 0.3) is 10.1 Å². The zero-order valence-electron chi connectivity index (χ0n) is 20.6. The maximum Gasteiger partial charge on any atom is 0.339 e. The van der Waals surface area contributed by atoms with Crippen LogP contribution in [0.3, 0.4) is 0 Å². The molecule has 0 radical (unpaired) electrons. The van der Waals surface area contributed by atoms with Crippen LogP contribution in [0.4, 0.5) is 17.1 Å². The van der Waals surface area contributed by atoms with E-state index in [1.54, 1.807) is 6.07 Å². The van der Waals surface area contributed by atoms with Crippen molar-refractivity contribution in [1.82, 2.24) is 0 Å². The number of rotatable bonds is 7. The Labute approximate surface area is 232 Å². The summed E-state index contributed by atoms with van der Waals surface area (Å²) < 4.78 is 64.3. The van der Waals surface area contributed by atoms with Crippen LogP contribution in [-0.4, -0.2) is 44.0 Å². The molecule has 0 bridgehead atoms. The van der Waals surface area contributed by atoms with Gasteiger partial charge in [-0.2, -0.15) is 16.8 Å². The molecule has 5 rings (SSSR count). The third kappa shape index (κ3) is 5.02. The van der Waals surface area contributed by atoms with Crippen molar-refractivity contribution in [2.24, 2.45) is 0 Å². The first-order chi connectivity index (χ1) is 19.3. The summed E-state index contributed by atoms with van der Waals surface area (Å²) in [7, 11) is -9.31. The van der Waals surface area contributed by atoms with Gasteiger partial charge in [-0.25, -0.2) is 4.79 Å². The van der Waals surface area contributed by atoms with Crippen LogP contribution in [-0.2, 0) is 20.2 Å². The van der Waals surface area contributed by atoms with E-state index in [0.717, 1.165) is 12.1 Å². The van der Waals surface area contributed by atoms with E-state index in [4.69, 9.17) is 15.0 Å². The Hall–Kier alpha value is -5.05. The number of carbonyl (C=O) groups is 3. The summed E-state index contributed by atoms with van der Waals surface area (Å²) in [6, 6.07) is 16.6. The zero-order chi connectivity index (χ0) is 29.7. The van der Waals surface area contributed by atoms with Crippen LogP contribution in [0.15, 0.2) is 88.7 Å². The topological polar surface area (TPSA) is 207 Å². The Kier molecular flexibility index (Phi) is 6.61. The molecule has 0 fully saturated rings. The molecule has 41 heavy (non-hydrogen) atoms. The SMILES string of the molecule is Nc1c(S(=O)(=O)O)cc(Nc2ccc(OS(=O)(=O)c3cccc(C(=O)O)c3)cc2)c2c1C(=O)c1ccccc1C2=O. The van der Waals surface area contributed by atoms with Gasteiger partial charge in [-0.3, -0.25) is 14.1 Å². The summed E-state index contributed by atoms with van der Waals surface area (Å²) in [6.07, 6.45) is 0. The minimum absolute atomic E-state index is 0.0201. The standard InChI is InChI=1S/C27H18N2O10S2/c28-24-21(40(34,35)36)13-20(22-23(24)26(31)19-7-2-1-6-18(19)25(22)30)29-15-8-10-16(11-9-15)39-41(37,38)17-5-3-4-14(12-17)27(32)33/h1-13,29H,28H2,(H,32,33)(H,34,35,36). The lowest BCUT2D eigenvalue weighted by molar-refractivity contribution is 0.0696. The summed E-state index contributed by atoms with van der Waals surface area (Å²) in [6.45, 7) is 0. The molecule has 0 heterocycles. The quantitative estimate of drug-likeness (QED) is 0.121. The Bertz CT molecular complexity index is 2000. The molecular weight excluding hydrogens is 576 g/mol. The Morgan fingerprint density at radius 1 is 0.805 bits per heavy atom. The first-order valence-electron chi connectivity index (χ1n) is 11.6. The van der Waals surface area contributed by atoms with Crippen LogP contribution < -0.4 is 15.2 Å². The zero-order valence-corrected chi connectivity index (χ0v) is 22.2. The van der Waals surface area contributed by atoms with Crippen molar-refractivity contribution in [2.45, 2.75) is 9.79 Å². The molecule has 0 saturated heterocycles. The molecule has 5 N–H and O–H groups in total. The van der Waals surface area contributed by atoms with E-state index in [0.29, 0.717) is 0 Å². The predicted molar refractivity (Wildman–Crippen MR) is 145 cm³/mol. The molecule has 0 saturated carbocycles. The lowest BCUT2D eigenvalue weighted by Gasteiger charge is -2.23. The summed E-state index contributed by atoms with van der Waals surface area (Å²) in [5.74, 6) is -2.78. The molecule has 1 aliphatic rings. The second kappa shape index (κ2) is 9.85. The first kappa shape index (κ1) is 27.5. The highest BCUT2D eigenvalue weighted by Gasteiger charge is 2.36. The molecule has 0 aromatic heterocycles. The Balaban J connectivity index is 1.51. The highest BCUT2D eigenvalue weighted by Crippen LogP contribution is 2.40. The highest BCUT2D eigenvalue weighted by molar-refractivity contribution is 7.87. The molecule has 0 atom stereocenters. The van der Waals surface area contributed by atoms with E-state index in [1.807, 2.05) is 0 Å². The van der Waals surface area contributed by atoms with Gasteiger partial charge in [-0.05, 0) is 48.5 Å². The number of carbonyl (C=O) groups excluding carboxylic acids is 2. The summed E-state index contributed by atoms with van der Waals surface area (Å²) in [4.78, 5) is 36.7. The van der Waals surface area contributed by atoms with Gasteiger partial charge in [-0.15, -0.1) is 0 Å². The monoisotopic (exact) mass is 594 g/mol. The molecule has 4 aromatic rings. The fourth-order valence-corrected chi connectivity index (χ4v) is 5.94. The molecule has 0 aliphatic heterocycles. The fourth-order valence-electron chi connectivity index (χ4n) is 4.31. The molecule has 0 spiro atoms. The van der Waals surface area contributed by atoms with Crippen molar-refractivity contribution >= 4 is 54.8 Å². The van der Waals surface area contributed by atoms with Crippen LogP contribution >= 0.6 is 0 Å². The second-order valence-corrected chi connectivity index (χ2v) is 11.7. The molecule has 4 aromatic carbocycles. The average Bonchev–Trinajstić information content (AvgIpc) is 2.92. The molecule has 0 unspecified atom stereocenters. The Morgan fingerprint density at radius 2 is 1.41 bits per heavy atom. The van der Waals surface area contributed by atoms with Gasteiger partial charge in [0, 0.05) is 16.8 Å². The van der Waals surface area contributed by atoms with Gasteiger partial charge in [0.15, 0.2) is 11.6 Å². The molecule has 208 valence electrons. The van der Waals surface area contributed by atoms with Crippen molar-refractivity contribution in [3.05, 3.63) is 107 Å². The lowest BCUT2D eigenvalue weighted by Crippen LogP contribution is -2.25. The highest BCUT2D eigenvalue weighted by atomic mass is 32.2. The number of benzene rings is 4. The maximum absolute atomic E-state index is 13.4. The summed E-state index contributed by atoms with van der Waals surface area (Å²) in [5, 5.41) is 11.9. The molecule has 1 aliphatic carbocycles. The van der Waals surface area contributed by atoms with Gasteiger partial charge in [-0.1, -0.05) is 30.3 Å². The van der Waals surface area contributed by atoms with Gasteiger partial charge in [0.05, 0.1) is 28.1 Å². The van der Waals surface area contributed by atoms with Gasteiger partial charge in [0.2, 0.25) is 0 Å². The minimum atomic E-state index is -4.91. The summed E-state index contributed by atoms with van der Waals surface area (Å²) >= 11 is 0. The van der Waals surface area contributed by atoms with E-state index in [-0.39, 0.29) is 49.8 Å². The van der Waals surface area contributed by atoms with E-state index in [2.05, 4.69) is 5.32 Å². The van der Waals surface area contributed by atoms with Crippen molar-refractivity contribution in [3.8, 4) is 5.75 Å². The van der Waals surface area contributed by atoms with E-state index in [9.17, 15) is 35.8 Å². The maximum atomic E-state index is 13.4. The van der Waals surface area contributed by atoms with Crippen LogP contribution in [0.25, 0.3) is 0 Å². The number of nitrogens with one attached hydrogen (secondary N) is 1. The van der Waals surface area contributed by atoms with E-state index >= 15 is 0 Å². The minimum Gasteiger partial charge on any atom is -0.478 e. The van der Waals surface area contributed by atoms with Crippen molar-refractivity contribution in [1.29, 1.82) is 0 Å². The number of nitrogen functional groups attached to an aromatic ring is 1. The number of nitrogens with two attached hydrogens (primary N) is 1. The van der Waals surface area contributed by atoms with Crippen molar-refractivity contribution in [2.75, 3.05) is 11.1 Å². The number of carboxylic acids is 1. The molecule has 0 amide bonds. The number of fused-ring (bicyclic) bond motifs is 2. The van der Waals surface area contributed by atoms with E-state index < -0.39 is 48.4 Å². The normalized spacial score (nSPS) is 12.8. The number of aromatic carboxylic acids is 1. The van der Waals surface area contributed by atoms with Crippen molar-refractivity contribution in [3.63, 3.8) is 0 Å². The fraction of sp³-hybridized carbons (Fsp3) is 0. The van der Waals surface area contributed by atoms with Crippen LogP contribution in [0.2, 0.25) is 0 Å². The first-order valence-corrected chi connectivity index (χ1v) is 14.4. The van der Waals surface area contributed by atoms with Crippen LogP contribution in [0.5, 0.6) is 5.75 Å². The third-order valence-electron chi connectivity index (χ3n) is 6.19. The van der Waals surface area contributed by atoms with E-state index in [1.165, 1.54) is 60.7 Å². The number of hydrogen-bond acceptors (Lipinski definition) is 10. The summed E-state index contributed by atoms with van der Waals surface area (Å²) in [5.41, 5.74) is 4.70. The second-order valence-electron chi connectivity index (χ2n) is 8.78.